The lowest BCUT2D eigenvalue weighted by atomic mass is 10.2. The van der Waals surface area contributed by atoms with Gasteiger partial charge in [0.2, 0.25) is 0 Å². The Kier molecular flexibility index (Phi) is 2.62. The summed E-state index contributed by atoms with van der Waals surface area (Å²) in [4.78, 5) is 22.9. The number of thioether (sulfide) groups is 2. The summed E-state index contributed by atoms with van der Waals surface area (Å²) in [7, 11) is 0. The highest BCUT2D eigenvalue weighted by Crippen LogP contribution is 2.40. The second-order valence-corrected chi connectivity index (χ2v) is 4.91. The third-order valence-electron chi connectivity index (χ3n) is 1.52. The molecule has 0 aromatic carbocycles. The summed E-state index contributed by atoms with van der Waals surface area (Å²) in [6.45, 7) is 0. The van der Waals surface area contributed by atoms with Crippen LogP contribution in [0.5, 0.6) is 0 Å². The number of thiocarbonyl (C=S) groups is 1. The van der Waals surface area contributed by atoms with Crippen LogP contribution in [0, 0.1) is 0 Å². The highest BCUT2D eigenvalue weighted by Gasteiger charge is 2.30. The maximum atomic E-state index is 11.4. The quantitative estimate of drug-likeness (QED) is 0.373. The Morgan fingerprint density at radius 3 is 2.07 bits per heavy atom. The first-order valence-corrected chi connectivity index (χ1v) is 5.74. The monoisotopic (exact) mass is 244 g/mol. The standard InChI is InChI=1S/C7H4N2O2S3/c10-4-3(6-13-1-2-14-6)5(11)9-7(12)8-4/h1-2H,(H2,8,9,10,11,12). The molecule has 0 aromatic heterocycles. The van der Waals surface area contributed by atoms with Gasteiger partial charge < -0.3 is 0 Å². The molecule has 1 fully saturated rings. The van der Waals surface area contributed by atoms with E-state index in [1.54, 1.807) is 0 Å². The normalized spacial score (nSPS) is 21.3. The summed E-state index contributed by atoms with van der Waals surface area (Å²) in [5.74, 6) is -0.866. The van der Waals surface area contributed by atoms with Crippen molar-refractivity contribution in [3.63, 3.8) is 0 Å². The van der Waals surface area contributed by atoms with E-state index in [-0.39, 0.29) is 10.7 Å². The second-order valence-electron chi connectivity index (χ2n) is 2.41. The van der Waals surface area contributed by atoms with Gasteiger partial charge >= 0.3 is 0 Å². The molecule has 1 saturated heterocycles. The van der Waals surface area contributed by atoms with E-state index in [9.17, 15) is 9.59 Å². The van der Waals surface area contributed by atoms with Gasteiger partial charge in [-0.2, -0.15) is 0 Å². The highest BCUT2D eigenvalue weighted by atomic mass is 32.2. The van der Waals surface area contributed by atoms with Crippen LogP contribution >= 0.6 is 35.7 Å². The Morgan fingerprint density at radius 1 is 1.07 bits per heavy atom. The summed E-state index contributed by atoms with van der Waals surface area (Å²) in [5, 5.41) is 8.47. The van der Waals surface area contributed by atoms with E-state index in [0.717, 1.165) is 0 Å². The number of rotatable bonds is 0. The van der Waals surface area contributed by atoms with Crippen molar-refractivity contribution in [1.29, 1.82) is 0 Å². The Hall–Kier alpha value is -0.790. The SMILES string of the molecule is O=C1NC(=S)NC(=O)C1=C1SC=CS1. The van der Waals surface area contributed by atoms with Crippen molar-refractivity contribution in [3.05, 3.63) is 20.6 Å². The molecule has 0 aliphatic carbocycles. The largest absolute Gasteiger partial charge is 0.298 e. The third-order valence-corrected chi connectivity index (χ3v) is 3.85. The molecule has 14 heavy (non-hydrogen) atoms. The zero-order valence-corrected chi connectivity index (χ0v) is 9.15. The summed E-state index contributed by atoms with van der Waals surface area (Å²) < 4.78 is 0.683. The van der Waals surface area contributed by atoms with Gasteiger partial charge in [-0.25, -0.2) is 0 Å². The van der Waals surface area contributed by atoms with Crippen LogP contribution in [0.3, 0.4) is 0 Å². The van der Waals surface area contributed by atoms with Crippen molar-refractivity contribution >= 4 is 52.7 Å². The number of hydrogen-bond donors (Lipinski definition) is 2. The van der Waals surface area contributed by atoms with Gasteiger partial charge in [0.25, 0.3) is 11.8 Å². The van der Waals surface area contributed by atoms with E-state index >= 15 is 0 Å². The van der Waals surface area contributed by atoms with Crippen molar-refractivity contribution in [3.8, 4) is 0 Å². The van der Waals surface area contributed by atoms with Gasteiger partial charge in [-0.3, -0.25) is 20.2 Å². The first kappa shape index (κ1) is 9.75. The van der Waals surface area contributed by atoms with Crippen LogP contribution in [0.4, 0.5) is 0 Å². The molecule has 2 aliphatic rings. The van der Waals surface area contributed by atoms with Crippen molar-refractivity contribution in [1.82, 2.24) is 10.6 Å². The molecule has 4 nitrogen and oxygen atoms in total. The molecule has 0 saturated carbocycles. The van der Waals surface area contributed by atoms with E-state index < -0.39 is 11.8 Å². The van der Waals surface area contributed by atoms with Crippen LogP contribution in [-0.4, -0.2) is 16.9 Å². The zero-order chi connectivity index (χ0) is 10.1. The maximum absolute atomic E-state index is 11.4. The van der Waals surface area contributed by atoms with Crippen molar-refractivity contribution < 1.29 is 9.59 Å². The minimum absolute atomic E-state index is 0.0605. The van der Waals surface area contributed by atoms with Gasteiger partial charge in [0.05, 0.1) is 4.24 Å². The lowest BCUT2D eigenvalue weighted by molar-refractivity contribution is -0.123. The number of carbonyl (C=O) groups excluding carboxylic acids is 2. The molecular formula is C7H4N2O2S3. The first-order chi connectivity index (χ1) is 6.68. The summed E-state index contributed by atoms with van der Waals surface area (Å²) >= 11 is 7.38. The van der Waals surface area contributed by atoms with E-state index in [1.807, 2.05) is 10.8 Å². The maximum Gasteiger partial charge on any atom is 0.264 e. The number of amides is 2. The fourth-order valence-electron chi connectivity index (χ4n) is 0.976. The number of nitrogens with one attached hydrogen (secondary N) is 2. The average Bonchev–Trinajstić information content (AvgIpc) is 2.54. The molecule has 2 N–H and O–H groups in total. The number of carbonyl (C=O) groups is 2. The van der Waals surface area contributed by atoms with Crippen molar-refractivity contribution in [2.24, 2.45) is 0 Å². The fraction of sp³-hybridized carbons (Fsp3) is 0. The summed E-state index contributed by atoms with van der Waals surface area (Å²) in [6.07, 6.45) is 0. The summed E-state index contributed by atoms with van der Waals surface area (Å²) in [5.41, 5.74) is 0.138. The Morgan fingerprint density at radius 2 is 1.57 bits per heavy atom. The smallest absolute Gasteiger partial charge is 0.264 e. The molecular weight excluding hydrogens is 240 g/mol. The van der Waals surface area contributed by atoms with Crippen LogP contribution in [0.2, 0.25) is 0 Å². The Bertz CT molecular complexity index is 368. The second kappa shape index (κ2) is 3.76. The minimum atomic E-state index is -0.433. The molecule has 2 aliphatic heterocycles. The van der Waals surface area contributed by atoms with Gasteiger partial charge in [0, 0.05) is 0 Å². The highest BCUT2D eigenvalue weighted by molar-refractivity contribution is 8.27. The predicted molar refractivity (Wildman–Crippen MR) is 60.2 cm³/mol. The molecule has 72 valence electrons. The van der Waals surface area contributed by atoms with Crippen LogP contribution in [0.15, 0.2) is 20.6 Å². The molecule has 2 amide bonds. The third kappa shape index (κ3) is 1.70. The molecule has 0 bridgehead atoms. The molecule has 0 atom stereocenters. The molecule has 0 spiro atoms. The Labute approximate surface area is 93.6 Å². The molecule has 7 heteroatoms. The molecule has 0 unspecified atom stereocenters. The lowest BCUT2D eigenvalue weighted by Crippen LogP contribution is -2.51. The van der Waals surface area contributed by atoms with E-state index in [2.05, 4.69) is 22.9 Å². The lowest BCUT2D eigenvalue weighted by Gasteiger charge is -2.17. The first-order valence-electron chi connectivity index (χ1n) is 3.58. The van der Waals surface area contributed by atoms with E-state index in [1.165, 1.54) is 23.5 Å². The molecule has 2 rings (SSSR count). The van der Waals surface area contributed by atoms with Gasteiger partial charge in [-0.1, -0.05) is 23.5 Å². The van der Waals surface area contributed by atoms with Crippen molar-refractivity contribution in [2.75, 3.05) is 0 Å². The van der Waals surface area contributed by atoms with E-state index in [4.69, 9.17) is 0 Å². The fourth-order valence-corrected chi connectivity index (χ4v) is 3.01. The zero-order valence-electron chi connectivity index (χ0n) is 6.70. The van der Waals surface area contributed by atoms with E-state index in [0.29, 0.717) is 4.24 Å². The van der Waals surface area contributed by atoms with Gasteiger partial charge in [0.15, 0.2) is 5.11 Å². The van der Waals surface area contributed by atoms with Gasteiger partial charge in [0.1, 0.15) is 5.57 Å². The number of hydrogen-bond acceptors (Lipinski definition) is 5. The molecule has 0 radical (unpaired) electrons. The average molecular weight is 244 g/mol. The molecule has 2 heterocycles. The Balaban J connectivity index is 2.34. The van der Waals surface area contributed by atoms with Crippen molar-refractivity contribution in [2.45, 2.75) is 0 Å². The van der Waals surface area contributed by atoms with Gasteiger partial charge in [-0.05, 0) is 23.0 Å². The predicted octanol–water partition coefficient (Wildman–Crippen LogP) is 0.680. The van der Waals surface area contributed by atoms with Crippen LogP contribution < -0.4 is 10.6 Å². The topological polar surface area (TPSA) is 58.2 Å². The van der Waals surface area contributed by atoms with Gasteiger partial charge in [-0.15, -0.1) is 0 Å². The summed E-state index contributed by atoms with van der Waals surface area (Å²) in [6, 6.07) is 0. The van der Waals surface area contributed by atoms with Crippen LogP contribution in [-0.2, 0) is 9.59 Å². The van der Waals surface area contributed by atoms with Crippen LogP contribution in [0.25, 0.3) is 0 Å². The van der Waals surface area contributed by atoms with Crippen LogP contribution in [0.1, 0.15) is 0 Å². The minimum Gasteiger partial charge on any atom is -0.298 e. The molecule has 0 aromatic rings.